The van der Waals surface area contributed by atoms with Crippen LogP contribution >= 0.6 is 11.8 Å². The van der Waals surface area contributed by atoms with Gasteiger partial charge in [-0.25, -0.2) is 4.39 Å². The molecule has 0 fully saturated rings. The van der Waals surface area contributed by atoms with E-state index in [9.17, 15) is 4.39 Å². The molecule has 0 heterocycles. The van der Waals surface area contributed by atoms with Gasteiger partial charge in [-0.15, -0.1) is 0 Å². The maximum absolute atomic E-state index is 13.7. The number of carboxylic acid groups (broad SMARTS) is 1. The zero-order valence-electron chi connectivity index (χ0n) is 13.7. The summed E-state index contributed by atoms with van der Waals surface area (Å²) in [6, 6.07) is 14.7. The molecular weight excluding hydrogens is 327 g/mol. The fraction of sp³-hybridized carbons (Fsp3) is 0.222. The predicted molar refractivity (Wildman–Crippen MR) is 94.5 cm³/mol. The lowest BCUT2D eigenvalue weighted by molar-refractivity contribution is -0.302. The van der Waals surface area contributed by atoms with Crippen molar-refractivity contribution in [3.05, 3.63) is 59.9 Å². The van der Waals surface area contributed by atoms with E-state index in [1.807, 2.05) is 30.3 Å². The van der Waals surface area contributed by atoms with Crippen LogP contribution in [0.15, 0.2) is 48.5 Å². The molecule has 0 bridgehead atoms. The molecule has 0 aliphatic heterocycles. The fourth-order valence-electron chi connectivity index (χ4n) is 2.00. The molecule has 0 saturated heterocycles. The van der Waals surface area contributed by atoms with E-state index in [2.05, 4.69) is 6.92 Å². The van der Waals surface area contributed by atoms with Crippen LogP contribution in [0.5, 0.6) is 0 Å². The maximum atomic E-state index is 13.7. The molecule has 4 nitrogen and oxygen atoms in total. The molecule has 2 aromatic rings. The number of carbonyl (C=O) groups excluding carboxylic acids is 1. The third kappa shape index (κ3) is 6.83. The van der Waals surface area contributed by atoms with Crippen LogP contribution in [0.3, 0.4) is 0 Å². The van der Waals surface area contributed by atoms with Gasteiger partial charge in [0.1, 0.15) is 5.82 Å². The highest BCUT2D eigenvalue weighted by atomic mass is 32.2. The van der Waals surface area contributed by atoms with Gasteiger partial charge in [-0.1, -0.05) is 49.4 Å². The van der Waals surface area contributed by atoms with Crippen molar-refractivity contribution in [2.24, 2.45) is 5.73 Å². The molecule has 0 aliphatic rings. The summed E-state index contributed by atoms with van der Waals surface area (Å²) in [6.07, 6.45) is 0. The van der Waals surface area contributed by atoms with Crippen LogP contribution in [0.2, 0.25) is 0 Å². The van der Waals surface area contributed by atoms with E-state index < -0.39 is 5.97 Å². The van der Waals surface area contributed by atoms with Gasteiger partial charge in [0, 0.05) is 17.3 Å². The summed E-state index contributed by atoms with van der Waals surface area (Å²) >= 11 is 1.45. The monoisotopic (exact) mass is 348 g/mol. The number of thioether (sulfide) groups is 1. The SMILES string of the molecule is CC(=O)[O-].CC(CSC(N)=[NH2+])c1ccc(-c2ccccc2F)cc1. The highest BCUT2D eigenvalue weighted by molar-refractivity contribution is 8.13. The van der Waals surface area contributed by atoms with Crippen molar-refractivity contribution in [1.82, 2.24) is 0 Å². The van der Waals surface area contributed by atoms with Crippen LogP contribution in [0.1, 0.15) is 25.3 Å². The van der Waals surface area contributed by atoms with E-state index >= 15 is 0 Å². The third-order valence-corrected chi connectivity index (χ3v) is 4.16. The first-order chi connectivity index (χ1) is 11.3. The minimum Gasteiger partial charge on any atom is -0.550 e. The summed E-state index contributed by atoms with van der Waals surface area (Å²) in [6.45, 7) is 3.09. The van der Waals surface area contributed by atoms with Crippen molar-refractivity contribution < 1.29 is 19.7 Å². The zero-order valence-corrected chi connectivity index (χ0v) is 14.5. The van der Waals surface area contributed by atoms with E-state index in [1.165, 1.54) is 23.4 Å². The van der Waals surface area contributed by atoms with E-state index in [1.54, 1.807) is 12.1 Å². The van der Waals surface area contributed by atoms with Crippen molar-refractivity contribution >= 4 is 22.9 Å². The summed E-state index contributed by atoms with van der Waals surface area (Å²) in [7, 11) is 0. The Hall–Kier alpha value is -2.34. The lowest BCUT2D eigenvalue weighted by Gasteiger charge is -2.11. The Kier molecular flexibility index (Phi) is 7.98. The minimum absolute atomic E-state index is 0.200. The molecule has 0 aromatic heterocycles. The van der Waals surface area contributed by atoms with E-state index in [-0.39, 0.29) is 5.82 Å². The van der Waals surface area contributed by atoms with Gasteiger partial charge >= 0.3 is 0 Å². The minimum atomic E-state index is -1.08. The number of hydrogen-bond acceptors (Lipinski definition) is 3. The number of nitrogens with two attached hydrogens (primary N) is 2. The zero-order chi connectivity index (χ0) is 18.1. The number of carbonyl (C=O) groups is 1. The first kappa shape index (κ1) is 19.7. The first-order valence-electron chi connectivity index (χ1n) is 7.34. The molecule has 128 valence electrons. The van der Waals surface area contributed by atoms with E-state index in [4.69, 9.17) is 21.0 Å². The van der Waals surface area contributed by atoms with Gasteiger partial charge in [0.05, 0.1) is 0 Å². The summed E-state index contributed by atoms with van der Waals surface area (Å²) in [5.74, 6) is -0.104. The quantitative estimate of drug-likeness (QED) is 0.641. The molecule has 0 aliphatic carbocycles. The molecule has 1 unspecified atom stereocenters. The second-order valence-electron chi connectivity index (χ2n) is 5.21. The Balaban J connectivity index is 0.000000648. The summed E-state index contributed by atoms with van der Waals surface area (Å²) in [5.41, 5.74) is 8.16. The predicted octanol–water partition coefficient (Wildman–Crippen LogP) is 1.16. The Bertz CT molecular complexity index is 686. The number of hydrogen-bond donors (Lipinski definition) is 2. The molecule has 0 amide bonds. The van der Waals surface area contributed by atoms with Crippen LogP contribution in [-0.4, -0.2) is 16.9 Å². The van der Waals surface area contributed by atoms with Crippen LogP contribution in [0.4, 0.5) is 4.39 Å². The topological polar surface area (TPSA) is 91.7 Å². The van der Waals surface area contributed by atoms with Crippen molar-refractivity contribution in [2.75, 3.05) is 5.75 Å². The molecule has 0 saturated carbocycles. The Morgan fingerprint density at radius 2 is 1.79 bits per heavy atom. The second-order valence-corrected chi connectivity index (χ2v) is 6.30. The number of rotatable bonds is 4. The smallest absolute Gasteiger partial charge is 0.299 e. The standard InChI is InChI=1S/C16H17FN2S.C2H4O2/c1-11(10-20-16(18)19)12-6-8-13(9-7-12)14-4-2-3-5-15(14)17;1-2(3)4/h2-9,11H,10H2,1H3,(H3,18,19);1H3,(H,3,4). The molecule has 6 heteroatoms. The second kappa shape index (κ2) is 9.72. The molecule has 2 aromatic carbocycles. The van der Waals surface area contributed by atoms with Crippen molar-refractivity contribution in [3.63, 3.8) is 0 Å². The van der Waals surface area contributed by atoms with Crippen LogP contribution in [0.25, 0.3) is 11.1 Å². The normalized spacial score (nSPS) is 11.1. The largest absolute Gasteiger partial charge is 0.550 e. The number of amidine groups is 1. The first-order valence-corrected chi connectivity index (χ1v) is 8.33. The van der Waals surface area contributed by atoms with Gasteiger partial charge in [-0.05, 0) is 41.8 Å². The van der Waals surface area contributed by atoms with Crippen LogP contribution in [-0.2, 0) is 4.79 Å². The third-order valence-electron chi connectivity index (χ3n) is 3.16. The van der Waals surface area contributed by atoms with E-state index in [0.717, 1.165) is 18.2 Å². The Labute approximate surface area is 145 Å². The number of benzene rings is 2. The number of carboxylic acids is 1. The summed E-state index contributed by atoms with van der Waals surface area (Å²) in [5, 5.41) is 14.7. The highest BCUT2D eigenvalue weighted by Gasteiger charge is 2.09. The van der Waals surface area contributed by atoms with Crippen LogP contribution < -0.4 is 16.2 Å². The van der Waals surface area contributed by atoms with Crippen molar-refractivity contribution in [2.45, 2.75) is 19.8 Å². The molecule has 4 N–H and O–H groups in total. The number of aliphatic carboxylic acids is 1. The van der Waals surface area contributed by atoms with E-state index in [0.29, 0.717) is 16.6 Å². The lowest BCUT2D eigenvalue weighted by Crippen LogP contribution is -2.43. The molecule has 1 atom stereocenters. The number of halogens is 1. The van der Waals surface area contributed by atoms with Gasteiger partial charge in [-0.3, -0.25) is 11.1 Å². The summed E-state index contributed by atoms with van der Waals surface area (Å²) in [4.78, 5) is 8.89. The van der Waals surface area contributed by atoms with Gasteiger partial charge in [-0.2, -0.15) is 0 Å². The Morgan fingerprint density at radius 1 is 1.25 bits per heavy atom. The lowest BCUT2D eigenvalue weighted by atomic mass is 9.98. The molecule has 2 rings (SSSR count). The maximum Gasteiger partial charge on any atom is 0.299 e. The highest BCUT2D eigenvalue weighted by Crippen LogP contribution is 2.26. The van der Waals surface area contributed by atoms with Crippen molar-refractivity contribution in [1.29, 1.82) is 0 Å². The average Bonchev–Trinajstić information content (AvgIpc) is 2.53. The molecule has 24 heavy (non-hydrogen) atoms. The van der Waals surface area contributed by atoms with Crippen molar-refractivity contribution in [3.8, 4) is 11.1 Å². The Morgan fingerprint density at radius 3 is 2.29 bits per heavy atom. The average molecular weight is 348 g/mol. The molecular formula is C18H21FN2O2S. The fourth-order valence-corrected chi connectivity index (χ4v) is 2.64. The molecule has 0 spiro atoms. The summed E-state index contributed by atoms with van der Waals surface area (Å²) < 4.78 is 13.7. The van der Waals surface area contributed by atoms with Gasteiger partial charge in [0.15, 0.2) is 0 Å². The van der Waals surface area contributed by atoms with Gasteiger partial charge < -0.3 is 9.90 Å². The van der Waals surface area contributed by atoms with Crippen LogP contribution in [0, 0.1) is 5.82 Å². The van der Waals surface area contributed by atoms with Gasteiger partial charge in [0.2, 0.25) is 0 Å². The molecule has 0 radical (unpaired) electrons. The van der Waals surface area contributed by atoms with Gasteiger partial charge in [0.25, 0.3) is 5.17 Å².